The minimum atomic E-state index is -0.856. The highest BCUT2D eigenvalue weighted by Gasteiger charge is 2.36. The molecule has 0 saturated heterocycles. The fraction of sp³-hybridized carbons (Fsp3) is 0.360. The van der Waals surface area contributed by atoms with Crippen molar-refractivity contribution in [2.24, 2.45) is 5.92 Å². The second kappa shape index (κ2) is 8.39. The summed E-state index contributed by atoms with van der Waals surface area (Å²) in [6.07, 6.45) is 3.81. The number of nitrogens with zero attached hydrogens (tertiary/aromatic N) is 1. The Bertz CT molecular complexity index is 1160. The average Bonchev–Trinajstić information content (AvgIpc) is 3.35. The van der Waals surface area contributed by atoms with Gasteiger partial charge in [0.2, 0.25) is 0 Å². The summed E-state index contributed by atoms with van der Waals surface area (Å²) in [5, 5.41) is 11.3. The predicted molar refractivity (Wildman–Crippen MR) is 121 cm³/mol. The standard InChI is InChI=1S/C25H26ClNO4/c1-14-8-10-17(11-9-14)24(28)27-15(2)22(23(25(29)30)16-6-4-5-7-16)18-12-21(31-3)19(26)13-20(18)27/h8-13,16,23H,4-7H2,1-3H3,(H,29,30). The first-order valence-corrected chi connectivity index (χ1v) is 10.9. The highest BCUT2D eigenvalue weighted by Crippen LogP contribution is 2.44. The van der Waals surface area contributed by atoms with Crippen LogP contribution in [0.1, 0.15) is 58.8 Å². The molecule has 0 amide bonds. The number of carbonyl (C=O) groups is 2. The number of halogens is 1. The molecule has 0 bridgehead atoms. The molecule has 3 aromatic rings. The Balaban J connectivity index is 1.99. The lowest BCUT2D eigenvalue weighted by Crippen LogP contribution is -2.21. The maximum atomic E-state index is 13.5. The van der Waals surface area contributed by atoms with Crippen LogP contribution in [0.4, 0.5) is 0 Å². The molecule has 0 spiro atoms. The summed E-state index contributed by atoms with van der Waals surface area (Å²) in [6.45, 7) is 3.79. The lowest BCUT2D eigenvalue weighted by molar-refractivity contribution is -0.140. The summed E-state index contributed by atoms with van der Waals surface area (Å²) in [4.78, 5) is 26.0. The van der Waals surface area contributed by atoms with Gasteiger partial charge in [-0.05, 0) is 62.4 Å². The SMILES string of the molecule is COc1cc2c(C(C(=O)O)C3CCCC3)c(C)n(C(=O)c3ccc(C)cc3)c2cc1Cl. The first-order chi connectivity index (χ1) is 14.8. The van der Waals surface area contributed by atoms with E-state index in [1.165, 1.54) is 7.11 Å². The maximum absolute atomic E-state index is 13.5. The number of carbonyl (C=O) groups excluding carboxylic acids is 1. The molecule has 1 unspecified atom stereocenters. The summed E-state index contributed by atoms with van der Waals surface area (Å²) in [5.41, 5.74) is 3.53. The molecule has 0 aliphatic heterocycles. The molecule has 1 aliphatic carbocycles. The van der Waals surface area contributed by atoms with Gasteiger partial charge in [0.15, 0.2) is 0 Å². The smallest absolute Gasteiger partial charge is 0.311 e. The van der Waals surface area contributed by atoms with Crippen molar-refractivity contribution in [1.82, 2.24) is 4.57 Å². The number of benzene rings is 2. The topological polar surface area (TPSA) is 68.5 Å². The predicted octanol–water partition coefficient (Wildman–Crippen LogP) is 5.97. The molecule has 1 aliphatic rings. The summed E-state index contributed by atoms with van der Waals surface area (Å²) in [7, 11) is 1.53. The van der Waals surface area contributed by atoms with E-state index in [4.69, 9.17) is 16.3 Å². The number of carboxylic acid groups (broad SMARTS) is 1. The Labute approximate surface area is 186 Å². The van der Waals surface area contributed by atoms with Gasteiger partial charge in [0.05, 0.1) is 23.6 Å². The molecule has 1 heterocycles. The number of ether oxygens (including phenoxy) is 1. The molecule has 1 atom stereocenters. The molecule has 1 aromatic heterocycles. The fourth-order valence-electron chi connectivity index (χ4n) is 4.93. The van der Waals surface area contributed by atoms with Crippen LogP contribution in [0.2, 0.25) is 5.02 Å². The quantitative estimate of drug-likeness (QED) is 0.532. The average molecular weight is 440 g/mol. The number of aromatic nitrogens is 1. The zero-order valence-corrected chi connectivity index (χ0v) is 18.7. The molecule has 1 fully saturated rings. The fourth-order valence-corrected chi connectivity index (χ4v) is 5.16. The number of methoxy groups -OCH3 is 1. The van der Waals surface area contributed by atoms with Gasteiger partial charge in [-0.1, -0.05) is 42.1 Å². The van der Waals surface area contributed by atoms with Crippen LogP contribution in [0.3, 0.4) is 0 Å². The van der Waals surface area contributed by atoms with Gasteiger partial charge in [-0.15, -0.1) is 0 Å². The summed E-state index contributed by atoms with van der Waals surface area (Å²) in [6, 6.07) is 10.8. The van der Waals surface area contributed by atoms with Gasteiger partial charge in [0.1, 0.15) is 5.75 Å². The van der Waals surface area contributed by atoms with E-state index in [-0.39, 0.29) is 11.8 Å². The third kappa shape index (κ3) is 3.72. The Kier molecular flexibility index (Phi) is 5.80. The van der Waals surface area contributed by atoms with Crippen LogP contribution < -0.4 is 4.74 Å². The lowest BCUT2D eigenvalue weighted by Gasteiger charge is -2.20. The summed E-state index contributed by atoms with van der Waals surface area (Å²) in [5.74, 6) is -1.23. The molecule has 162 valence electrons. The number of hydrogen-bond donors (Lipinski definition) is 1. The van der Waals surface area contributed by atoms with Crippen molar-refractivity contribution in [3.05, 3.63) is 63.8 Å². The molecule has 1 saturated carbocycles. The monoisotopic (exact) mass is 439 g/mol. The third-order valence-corrected chi connectivity index (χ3v) is 6.77. The number of fused-ring (bicyclic) bond motifs is 1. The summed E-state index contributed by atoms with van der Waals surface area (Å²) >= 11 is 6.41. The van der Waals surface area contributed by atoms with E-state index in [0.29, 0.717) is 38.5 Å². The number of carboxylic acids is 1. The Hall–Kier alpha value is -2.79. The molecular weight excluding hydrogens is 414 g/mol. The van der Waals surface area contributed by atoms with Gasteiger partial charge in [0.25, 0.3) is 5.91 Å². The third-order valence-electron chi connectivity index (χ3n) is 6.48. The van der Waals surface area contributed by atoms with E-state index in [9.17, 15) is 14.7 Å². The highest BCUT2D eigenvalue weighted by atomic mass is 35.5. The van der Waals surface area contributed by atoms with Crippen LogP contribution in [-0.2, 0) is 4.79 Å². The molecule has 6 heteroatoms. The van der Waals surface area contributed by atoms with Crippen LogP contribution in [0, 0.1) is 19.8 Å². The van der Waals surface area contributed by atoms with E-state index in [0.717, 1.165) is 31.2 Å². The number of rotatable bonds is 5. The van der Waals surface area contributed by atoms with Crippen LogP contribution in [0.25, 0.3) is 10.9 Å². The van der Waals surface area contributed by atoms with Crippen LogP contribution in [0.5, 0.6) is 5.75 Å². The summed E-state index contributed by atoms with van der Waals surface area (Å²) < 4.78 is 7.01. The second-order valence-corrected chi connectivity index (χ2v) is 8.78. The van der Waals surface area contributed by atoms with Gasteiger partial charge in [-0.25, -0.2) is 0 Å². The molecule has 4 rings (SSSR count). The van der Waals surface area contributed by atoms with Crippen LogP contribution >= 0.6 is 11.6 Å². The maximum Gasteiger partial charge on any atom is 0.311 e. The van der Waals surface area contributed by atoms with Crippen molar-refractivity contribution in [2.75, 3.05) is 7.11 Å². The van der Waals surface area contributed by atoms with Crippen molar-refractivity contribution >= 4 is 34.4 Å². The Morgan fingerprint density at radius 2 is 1.77 bits per heavy atom. The van der Waals surface area contributed by atoms with E-state index < -0.39 is 11.9 Å². The van der Waals surface area contributed by atoms with Crippen molar-refractivity contribution in [3.8, 4) is 5.75 Å². The largest absolute Gasteiger partial charge is 0.495 e. The minimum Gasteiger partial charge on any atom is -0.495 e. The van der Waals surface area contributed by atoms with E-state index >= 15 is 0 Å². The van der Waals surface area contributed by atoms with Gasteiger partial charge in [0, 0.05) is 16.6 Å². The zero-order chi connectivity index (χ0) is 22.3. The van der Waals surface area contributed by atoms with E-state index in [2.05, 4.69) is 0 Å². The normalized spacial score (nSPS) is 15.4. The van der Waals surface area contributed by atoms with Crippen molar-refractivity contribution in [1.29, 1.82) is 0 Å². The van der Waals surface area contributed by atoms with Gasteiger partial charge >= 0.3 is 5.97 Å². The van der Waals surface area contributed by atoms with E-state index in [1.54, 1.807) is 28.8 Å². The van der Waals surface area contributed by atoms with Gasteiger partial charge in [-0.3, -0.25) is 14.2 Å². The lowest BCUT2D eigenvalue weighted by atomic mass is 9.83. The number of hydrogen-bond acceptors (Lipinski definition) is 3. The molecule has 0 radical (unpaired) electrons. The minimum absolute atomic E-state index is 0.0476. The number of aliphatic carboxylic acids is 1. The zero-order valence-electron chi connectivity index (χ0n) is 17.9. The number of aryl methyl sites for hydroxylation is 1. The van der Waals surface area contributed by atoms with Crippen molar-refractivity contribution in [3.63, 3.8) is 0 Å². The van der Waals surface area contributed by atoms with Gasteiger partial charge < -0.3 is 9.84 Å². The van der Waals surface area contributed by atoms with Gasteiger partial charge in [-0.2, -0.15) is 0 Å². The molecule has 2 aromatic carbocycles. The molecule has 5 nitrogen and oxygen atoms in total. The first-order valence-electron chi connectivity index (χ1n) is 10.6. The highest BCUT2D eigenvalue weighted by molar-refractivity contribution is 6.33. The Morgan fingerprint density at radius 1 is 1.13 bits per heavy atom. The molecule has 31 heavy (non-hydrogen) atoms. The van der Waals surface area contributed by atoms with Crippen molar-refractivity contribution in [2.45, 2.75) is 45.4 Å². The van der Waals surface area contributed by atoms with Crippen LogP contribution in [0.15, 0.2) is 36.4 Å². The molecular formula is C25H26ClNO4. The second-order valence-electron chi connectivity index (χ2n) is 8.37. The Morgan fingerprint density at radius 3 is 2.35 bits per heavy atom. The van der Waals surface area contributed by atoms with Crippen molar-refractivity contribution < 1.29 is 19.4 Å². The molecule has 1 N–H and O–H groups in total. The van der Waals surface area contributed by atoms with E-state index in [1.807, 2.05) is 26.0 Å². The first kappa shape index (κ1) is 21.4. The van der Waals surface area contributed by atoms with Crippen LogP contribution in [-0.4, -0.2) is 28.7 Å².